The van der Waals surface area contributed by atoms with Gasteiger partial charge in [0.1, 0.15) is 11.8 Å². The fraction of sp³-hybridized carbons (Fsp3) is 0.333. The zero-order valence-corrected chi connectivity index (χ0v) is 15.9. The number of carbonyl (C=O) groups excluding carboxylic acids is 2. The molecule has 0 spiro atoms. The first-order valence-electron chi connectivity index (χ1n) is 7.87. The number of hydrogen-bond donors (Lipinski definition) is 2. The van der Waals surface area contributed by atoms with Crippen molar-refractivity contribution in [3.05, 3.63) is 52.4 Å². The van der Waals surface area contributed by atoms with E-state index in [2.05, 4.69) is 26.6 Å². The van der Waals surface area contributed by atoms with Crippen molar-refractivity contribution in [1.29, 1.82) is 0 Å². The number of rotatable bonds is 7. The molecule has 134 valence electrons. The van der Waals surface area contributed by atoms with Crippen molar-refractivity contribution in [3.63, 3.8) is 0 Å². The molecule has 2 aromatic rings. The van der Waals surface area contributed by atoms with Gasteiger partial charge in [0.2, 0.25) is 5.91 Å². The number of nitrogens with one attached hydrogen (secondary N) is 2. The number of benzene rings is 1. The molecule has 2 N–H and O–H groups in total. The van der Waals surface area contributed by atoms with Crippen LogP contribution in [0.3, 0.4) is 0 Å². The maximum atomic E-state index is 12.5. The minimum Gasteiger partial charge on any atom is -0.496 e. The Hall–Kier alpha value is -2.28. The van der Waals surface area contributed by atoms with E-state index in [1.54, 1.807) is 19.2 Å². The lowest BCUT2D eigenvalue weighted by atomic mass is 10.0. The largest absolute Gasteiger partial charge is 0.496 e. The Kier molecular flexibility index (Phi) is 6.64. The van der Waals surface area contributed by atoms with E-state index >= 15 is 0 Å². The van der Waals surface area contributed by atoms with E-state index < -0.39 is 11.9 Å². The van der Waals surface area contributed by atoms with Gasteiger partial charge in [0.15, 0.2) is 5.76 Å². The third kappa shape index (κ3) is 5.09. The average Bonchev–Trinajstić information content (AvgIpc) is 3.12. The van der Waals surface area contributed by atoms with Crippen LogP contribution in [0.2, 0.25) is 0 Å². The van der Waals surface area contributed by atoms with Crippen molar-refractivity contribution in [2.75, 3.05) is 7.11 Å². The highest BCUT2D eigenvalue weighted by molar-refractivity contribution is 9.10. The first-order valence-corrected chi connectivity index (χ1v) is 8.66. The number of halogens is 1. The van der Waals surface area contributed by atoms with Crippen molar-refractivity contribution < 1.29 is 18.7 Å². The fourth-order valence-corrected chi connectivity index (χ4v) is 2.74. The highest BCUT2D eigenvalue weighted by Crippen LogP contribution is 2.22. The molecule has 25 heavy (non-hydrogen) atoms. The normalized spacial score (nSPS) is 11.9. The molecule has 0 bridgehead atoms. The van der Waals surface area contributed by atoms with Crippen LogP contribution in [-0.2, 0) is 11.3 Å². The summed E-state index contributed by atoms with van der Waals surface area (Å²) in [5.74, 6) is 0.0930. The van der Waals surface area contributed by atoms with Gasteiger partial charge in [0, 0.05) is 16.6 Å². The second kappa shape index (κ2) is 8.71. The van der Waals surface area contributed by atoms with Gasteiger partial charge in [-0.05, 0) is 36.2 Å². The zero-order valence-electron chi connectivity index (χ0n) is 14.3. The molecule has 0 aliphatic heterocycles. The molecule has 1 aromatic heterocycles. The Bertz CT molecular complexity index is 729. The highest BCUT2D eigenvalue weighted by Gasteiger charge is 2.25. The van der Waals surface area contributed by atoms with Crippen molar-refractivity contribution in [1.82, 2.24) is 10.6 Å². The van der Waals surface area contributed by atoms with Crippen LogP contribution in [0, 0.1) is 5.92 Å². The third-order valence-electron chi connectivity index (χ3n) is 3.68. The van der Waals surface area contributed by atoms with Crippen LogP contribution in [0.25, 0.3) is 0 Å². The van der Waals surface area contributed by atoms with Crippen LogP contribution < -0.4 is 15.4 Å². The van der Waals surface area contributed by atoms with Gasteiger partial charge in [-0.25, -0.2) is 0 Å². The van der Waals surface area contributed by atoms with Crippen LogP contribution in [0.15, 0.2) is 45.5 Å². The Labute approximate surface area is 155 Å². The molecule has 7 heteroatoms. The van der Waals surface area contributed by atoms with E-state index in [1.165, 1.54) is 6.26 Å². The molecule has 1 heterocycles. The number of ether oxygens (including phenoxy) is 1. The number of carbonyl (C=O) groups is 2. The summed E-state index contributed by atoms with van der Waals surface area (Å²) in [7, 11) is 1.58. The molecule has 0 saturated carbocycles. The molecule has 1 atom stereocenters. The summed E-state index contributed by atoms with van der Waals surface area (Å²) in [6, 6.07) is 8.08. The van der Waals surface area contributed by atoms with Gasteiger partial charge in [-0.15, -0.1) is 0 Å². The second-order valence-corrected chi connectivity index (χ2v) is 6.76. The van der Waals surface area contributed by atoms with Gasteiger partial charge in [-0.1, -0.05) is 29.8 Å². The molecular formula is C18H21BrN2O4. The van der Waals surface area contributed by atoms with E-state index in [0.717, 1.165) is 10.0 Å². The van der Waals surface area contributed by atoms with Crippen LogP contribution in [0.5, 0.6) is 5.75 Å². The SMILES string of the molecule is COc1ccc(Br)cc1CNC(=O)C(NC(=O)c1ccco1)C(C)C. The van der Waals surface area contributed by atoms with Crippen molar-refractivity contribution in [3.8, 4) is 5.75 Å². The summed E-state index contributed by atoms with van der Waals surface area (Å²) in [5, 5.41) is 5.56. The van der Waals surface area contributed by atoms with Gasteiger partial charge in [0.05, 0.1) is 13.4 Å². The lowest BCUT2D eigenvalue weighted by Gasteiger charge is -2.21. The third-order valence-corrected chi connectivity index (χ3v) is 4.17. The van der Waals surface area contributed by atoms with Crippen LogP contribution in [-0.4, -0.2) is 25.0 Å². The fourth-order valence-electron chi connectivity index (χ4n) is 2.33. The Morgan fingerprint density at radius 3 is 2.64 bits per heavy atom. The molecule has 1 aromatic carbocycles. The predicted octanol–water partition coefficient (Wildman–Crippen LogP) is 3.12. The number of methoxy groups -OCH3 is 1. The summed E-state index contributed by atoms with van der Waals surface area (Å²) in [4.78, 5) is 24.7. The quantitative estimate of drug-likeness (QED) is 0.737. The minimum absolute atomic E-state index is 0.0803. The molecule has 2 amide bonds. The zero-order chi connectivity index (χ0) is 18.4. The summed E-state index contributed by atoms with van der Waals surface area (Å²) in [6.45, 7) is 4.03. The number of amides is 2. The summed E-state index contributed by atoms with van der Waals surface area (Å²) < 4.78 is 11.3. The van der Waals surface area contributed by atoms with Gasteiger partial charge in [-0.2, -0.15) is 0 Å². The molecule has 0 aliphatic carbocycles. The molecule has 6 nitrogen and oxygen atoms in total. The van der Waals surface area contributed by atoms with E-state index in [1.807, 2.05) is 32.0 Å². The molecule has 0 radical (unpaired) electrons. The topological polar surface area (TPSA) is 80.6 Å². The van der Waals surface area contributed by atoms with Crippen LogP contribution in [0.1, 0.15) is 30.0 Å². The van der Waals surface area contributed by atoms with Gasteiger partial charge in [0.25, 0.3) is 5.91 Å². The van der Waals surface area contributed by atoms with Crippen molar-refractivity contribution in [2.45, 2.75) is 26.4 Å². The Balaban J connectivity index is 2.03. The Morgan fingerprint density at radius 1 is 1.28 bits per heavy atom. The number of furan rings is 1. The van der Waals surface area contributed by atoms with E-state index in [4.69, 9.17) is 9.15 Å². The molecule has 0 saturated heterocycles. The van der Waals surface area contributed by atoms with Crippen molar-refractivity contribution in [2.24, 2.45) is 5.92 Å². The smallest absolute Gasteiger partial charge is 0.287 e. The number of hydrogen-bond acceptors (Lipinski definition) is 4. The predicted molar refractivity (Wildman–Crippen MR) is 97.3 cm³/mol. The Morgan fingerprint density at radius 2 is 2.04 bits per heavy atom. The van der Waals surface area contributed by atoms with E-state index in [9.17, 15) is 9.59 Å². The lowest BCUT2D eigenvalue weighted by Crippen LogP contribution is -2.49. The van der Waals surface area contributed by atoms with Gasteiger partial charge >= 0.3 is 0 Å². The standard InChI is InChI=1S/C18H21BrN2O4/c1-11(2)16(21-17(22)15-5-4-8-25-15)18(23)20-10-12-9-13(19)6-7-14(12)24-3/h4-9,11,16H,10H2,1-3H3,(H,20,23)(H,21,22). The van der Waals surface area contributed by atoms with Crippen molar-refractivity contribution >= 4 is 27.7 Å². The van der Waals surface area contributed by atoms with E-state index in [0.29, 0.717) is 12.3 Å². The highest BCUT2D eigenvalue weighted by atomic mass is 79.9. The maximum absolute atomic E-state index is 12.5. The second-order valence-electron chi connectivity index (χ2n) is 5.85. The molecule has 2 rings (SSSR count). The summed E-state index contributed by atoms with van der Waals surface area (Å²) in [5.41, 5.74) is 0.838. The summed E-state index contributed by atoms with van der Waals surface area (Å²) in [6.07, 6.45) is 1.42. The maximum Gasteiger partial charge on any atom is 0.287 e. The molecule has 0 aliphatic rings. The molecule has 0 fully saturated rings. The monoisotopic (exact) mass is 408 g/mol. The van der Waals surface area contributed by atoms with Crippen LogP contribution >= 0.6 is 15.9 Å². The first-order chi connectivity index (χ1) is 11.9. The van der Waals surface area contributed by atoms with Crippen LogP contribution in [0.4, 0.5) is 0 Å². The van der Waals surface area contributed by atoms with Gasteiger partial charge < -0.3 is 19.8 Å². The summed E-state index contributed by atoms with van der Waals surface area (Å²) >= 11 is 3.40. The van der Waals surface area contributed by atoms with E-state index in [-0.39, 0.29) is 17.6 Å². The average molecular weight is 409 g/mol. The first kappa shape index (κ1) is 19.1. The minimum atomic E-state index is -0.671. The lowest BCUT2D eigenvalue weighted by molar-refractivity contribution is -0.124. The molecular weight excluding hydrogens is 388 g/mol. The molecule has 1 unspecified atom stereocenters. The van der Waals surface area contributed by atoms with Gasteiger partial charge in [-0.3, -0.25) is 9.59 Å².